The van der Waals surface area contributed by atoms with Gasteiger partial charge in [-0.3, -0.25) is 9.78 Å². The van der Waals surface area contributed by atoms with Crippen LogP contribution in [0.1, 0.15) is 30.1 Å². The van der Waals surface area contributed by atoms with Gasteiger partial charge in [0.1, 0.15) is 0 Å². The molecule has 0 unspecified atom stereocenters. The van der Waals surface area contributed by atoms with Gasteiger partial charge in [0.15, 0.2) is 0 Å². The predicted molar refractivity (Wildman–Crippen MR) is 68.9 cm³/mol. The van der Waals surface area contributed by atoms with Crippen molar-refractivity contribution < 1.29 is 4.42 Å². The number of aryl methyl sites for hydroxylation is 1. The largest absolute Gasteiger partial charge is 0.414 e. The molecule has 1 atom stereocenters. The van der Waals surface area contributed by atoms with Crippen molar-refractivity contribution in [2.75, 3.05) is 0 Å². The number of aromatic amines is 2. The molecule has 102 valence electrons. The zero-order valence-electron chi connectivity index (χ0n) is 10.4. The second kappa shape index (κ2) is 5.41. The van der Waals surface area contributed by atoms with Gasteiger partial charge in [0, 0.05) is 17.0 Å². The number of aromatic nitrogens is 4. The second-order valence-corrected chi connectivity index (χ2v) is 4.92. The molecule has 0 aliphatic rings. The molecule has 0 aromatic carbocycles. The summed E-state index contributed by atoms with van der Waals surface area (Å²) in [5.74, 6) is 0.660. The Hall–Kier alpha value is -1.87. The van der Waals surface area contributed by atoms with Crippen molar-refractivity contribution >= 4 is 11.8 Å². The highest BCUT2D eigenvalue weighted by Gasteiger charge is 2.12. The molecule has 9 heteroatoms. The van der Waals surface area contributed by atoms with Gasteiger partial charge in [-0.25, -0.2) is 4.79 Å². The molecule has 0 saturated heterocycles. The van der Waals surface area contributed by atoms with E-state index in [1.807, 2.05) is 0 Å². The van der Waals surface area contributed by atoms with Gasteiger partial charge in [-0.2, -0.15) is 0 Å². The first-order valence-corrected chi connectivity index (χ1v) is 6.50. The van der Waals surface area contributed by atoms with Gasteiger partial charge >= 0.3 is 5.69 Å². The van der Waals surface area contributed by atoms with Crippen LogP contribution >= 0.6 is 11.8 Å². The van der Waals surface area contributed by atoms with Crippen LogP contribution in [-0.4, -0.2) is 20.2 Å². The number of nitrogens with zero attached hydrogens (tertiary/aromatic N) is 2. The van der Waals surface area contributed by atoms with Gasteiger partial charge in [0.25, 0.3) is 10.8 Å². The Morgan fingerprint density at radius 2 is 2.11 bits per heavy atom. The number of hydrogen-bond donors (Lipinski definition) is 3. The molecular weight excluding hydrogens is 270 g/mol. The fourth-order valence-electron chi connectivity index (χ4n) is 1.40. The number of hydrogen-bond acceptors (Lipinski definition) is 7. The number of rotatable bonds is 4. The first-order valence-electron chi connectivity index (χ1n) is 5.51. The van der Waals surface area contributed by atoms with Gasteiger partial charge in [-0.1, -0.05) is 11.8 Å². The third-order valence-corrected chi connectivity index (χ3v) is 3.25. The summed E-state index contributed by atoms with van der Waals surface area (Å²) in [5.41, 5.74) is 5.65. The van der Waals surface area contributed by atoms with Crippen molar-refractivity contribution in [3.63, 3.8) is 0 Å². The first kappa shape index (κ1) is 13.6. The number of nitrogens with one attached hydrogen (secondary N) is 2. The Bertz CT molecular complexity index is 687. The SMILES string of the molecule is Cc1[nH]c(=O)[nH]c(=O)c1CSc1nnc([C@@H](C)N)o1. The Kier molecular flexibility index (Phi) is 3.86. The van der Waals surface area contributed by atoms with Crippen LogP contribution in [0, 0.1) is 6.92 Å². The molecular formula is C10H13N5O3S. The molecule has 0 spiro atoms. The maximum absolute atomic E-state index is 11.6. The monoisotopic (exact) mass is 283 g/mol. The summed E-state index contributed by atoms with van der Waals surface area (Å²) in [4.78, 5) is 27.4. The Morgan fingerprint density at radius 3 is 2.68 bits per heavy atom. The summed E-state index contributed by atoms with van der Waals surface area (Å²) < 4.78 is 5.30. The smallest absolute Gasteiger partial charge is 0.325 e. The van der Waals surface area contributed by atoms with Crippen LogP contribution in [0.4, 0.5) is 0 Å². The average molecular weight is 283 g/mol. The highest BCUT2D eigenvalue weighted by molar-refractivity contribution is 7.98. The lowest BCUT2D eigenvalue weighted by molar-refractivity contribution is 0.394. The summed E-state index contributed by atoms with van der Waals surface area (Å²) in [7, 11) is 0. The summed E-state index contributed by atoms with van der Waals surface area (Å²) in [6.07, 6.45) is 0. The molecule has 0 aliphatic carbocycles. The van der Waals surface area contributed by atoms with E-state index in [4.69, 9.17) is 10.2 Å². The Morgan fingerprint density at radius 1 is 1.37 bits per heavy atom. The number of H-pyrrole nitrogens is 2. The van der Waals surface area contributed by atoms with Crippen molar-refractivity contribution in [3.05, 3.63) is 38.0 Å². The summed E-state index contributed by atoms with van der Waals surface area (Å²) in [6, 6.07) is -0.333. The van der Waals surface area contributed by atoms with Gasteiger partial charge in [0.05, 0.1) is 6.04 Å². The maximum Gasteiger partial charge on any atom is 0.325 e. The molecule has 2 rings (SSSR count). The summed E-state index contributed by atoms with van der Waals surface area (Å²) in [5, 5.41) is 7.92. The van der Waals surface area contributed by atoms with E-state index in [1.54, 1.807) is 13.8 Å². The van der Waals surface area contributed by atoms with Crippen LogP contribution in [0.5, 0.6) is 0 Å². The van der Waals surface area contributed by atoms with Crippen LogP contribution in [0.25, 0.3) is 0 Å². The molecule has 0 radical (unpaired) electrons. The third-order valence-electron chi connectivity index (χ3n) is 2.41. The van der Waals surface area contributed by atoms with E-state index in [9.17, 15) is 9.59 Å². The number of nitrogens with two attached hydrogens (primary N) is 1. The van der Waals surface area contributed by atoms with Crippen LogP contribution in [-0.2, 0) is 5.75 Å². The Balaban J connectivity index is 2.14. The fourth-order valence-corrected chi connectivity index (χ4v) is 2.25. The van der Waals surface area contributed by atoms with E-state index >= 15 is 0 Å². The lowest BCUT2D eigenvalue weighted by Crippen LogP contribution is -2.26. The molecule has 0 bridgehead atoms. The van der Waals surface area contributed by atoms with E-state index in [1.165, 1.54) is 11.8 Å². The van der Waals surface area contributed by atoms with Gasteiger partial charge < -0.3 is 15.1 Å². The molecule has 8 nitrogen and oxygen atoms in total. The minimum atomic E-state index is -0.520. The van der Waals surface area contributed by atoms with Crippen molar-refractivity contribution in [2.45, 2.75) is 30.9 Å². The van der Waals surface area contributed by atoms with E-state index in [-0.39, 0.29) is 6.04 Å². The fraction of sp³-hybridized carbons (Fsp3) is 0.400. The van der Waals surface area contributed by atoms with E-state index < -0.39 is 11.2 Å². The summed E-state index contributed by atoms with van der Waals surface area (Å²) >= 11 is 1.21. The van der Waals surface area contributed by atoms with Crippen molar-refractivity contribution in [1.82, 2.24) is 20.2 Å². The number of thioether (sulfide) groups is 1. The zero-order chi connectivity index (χ0) is 14.0. The molecule has 0 fully saturated rings. The minimum Gasteiger partial charge on any atom is -0.414 e. The van der Waals surface area contributed by atoms with Gasteiger partial charge in [-0.05, 0) is 13.8 Å². The standard InChI is InChI=1S/C10H13N5O3S/c1-4(11)8-14-15-10(18-8)19-3-6-5(2)12-9(17)13-7(6)16/h4H,3,11H2,1-2H3,(H2,12,13,16,17)/t4-/m1/s1. The van der Waals surface area contributed by atoms with E-state index in [2.05, 4.69) is 20.2 Å². The molecule has 0 amide bonds. The highest BCUT2D eigenvalue weighted by Crippen LogP contribution is 2.21. The normalized spacial score (nSPS) is 12.6. The molecule has 0 aliphatic heterocycles. The molecule has 2 aromatic heterocycles. The van der Waals surface area contributed by atoms with Crippen molar-refractivity contribution in [1.29, 1.82) is 0 Å². The average Bonchev–Trinajstić information content (AvgIpc) is 2.76. The molecule has 4 N–H and O–H groups in total. The molecule has 2 aromatic rings. The molecule has 19 heavy (non-hydrogen) atoms. The molecule has 2 heterocycles. The van der Waals surface area contributed by atoms with E-state index in [0.29, 0.717) is 28.1 Å². The minimum absolute atomic E-state index is 0.318. The van der Waals surface area contributed by atoms with Crippen LogP contribution in [0.2, 0.25) is 0 Å². The van der Waals surface area contributed by atoms with Crippen LogP contribution < -0.4 is 17.0 Å². The predicted octanol–water partition coefficient (Wildman–Crippen LogP) is 0.0666. The lowest BCUT2D eigenvalue weighted by atomic mass is 10.3. The molecule has 0 saturated carbocycles. The topological polar surface area (TPSA) is 131 Å². The third kappa shape index (κ3) is 3.12. The van der Waals surface area contributed by atoms with E-state index in [0.717, 1.165) is 0 Å². The van der Waals surface area contributed by atoms with Crippen LogP contribution in [0.3, 0.4) is 0 Å². The first-order chi connectivity index (χ1) is 8.97. The maximum atomic E-state index is 11.6. The van der Waals surface area contributed by atoms with Crippen molar-refractivity contribution in [2.24, 2.45) is 5.73 Å². The zero-order valence-corrected chi connectivity index (χ0v) is 11.2. The quantitative estimate of drug-likeness (QED) is 0.676. The van der Waals surface area contributed by atoms with Crippen molar-refractivity contribution in [3.8, 4) is 0 Å². The summed E-state index contributed by atoms with van der Waals surface area (Å²) in [6.45, 7) is 3.40. The van der Waals surface area contributed by atoms with Crippen LogP contribution in [0.15, 0.2) is 19.2 Å². The van der Waals surface area contributed by atoms with Gasteiger partial charge in [-0.15, -0.1) is 10.2 Å². The second-order valence-electron chi connectivity index (χ2n) is 4.00. The highest BCUT2D eigenvalue weighted by atomic mass is 32.2. The lowest BCUT2D eigenvalue weighted by Gasteiger charge is -2.01. The Labute approximate surface area is 111 Å². The van der Waals surface area contributed by atoms with Gasteiger partial charge in [0.2, 0.25) is 5.89 Å².